The number of halogens is 8. The number of fused-ring (bicyclic) bond motifs is 4. The highest BCUT2D eigenvalue weighted by Crippen LogP contribution is 2.66. The van der Waals surface area contributed by atoms with Gasteiger partial charge in [-0.2, -0.15) is 0 Å². The summed E-state index contributed by atoms with van der Waals surface area (Å²) < 4.78 is 87.0. The topological polar surface area (TPSA) is 95.0 Å². The monoisotopic (exact) mass is 660 g/mol. The van der Waals surface area contributed by atoms with E-state index in [1.54, 1.807) is 6.92 Å². The first-order chi connectivity index (χ1) is 20.6. The average molecular weight is 661 g/mol. The number of hydrogen-bond donors (Lipinski definition) is 1. The fraction of sp³-hybridized carbons (Fsp3) is 0.379. The molecule has 2 aromatic carbocycles. The molecule has 44 heavy (non-hydrogen) atoms. The summed E-state index contributed by atoms with van der Waals surface area (Å²) in [5.74, 6) is -23.5. The maximum Gasteiger partial charge on any atom is 0.258 e. The van der Waals surface area contributed by atoms with Crippen LogP contribution in [0.15, 0.2) is 29.8 Å². The van der Waals surface area contributed by atoms with Crippen LogP contribution in [0.1, 0.15) is 37.7 Å². The number of carbonyl (C=O) groups is 4. The van der Waals surface area contributed by atoms with Gasteiger partial charge in [0.15, 0.2) is 44.6 Å². The van der Waals surface area contributed by atoms with Crippen LogP contribution in [0.5, 0.6) is 5.75 Å². The molecule has 4 amide bonds. The fourth-order valence-corrected chi connectivity index (χ4v) is 8.09. The Kier molecular flexibility index (Phi) is 6.89. The Morgan fingerprint density at radius 2 is 1.50 bits per heavy atom. The summed E-state index contributed by atoms with van der Waals surface area (Å²) in [5.41, 5.74) is -1.88. The van der Waals surface area contributed by atoms with Crippen LogP contribution in [0.2, 0.25) is 0 Å². The maximum atomic E-state index is 15.0. The van der Waals surface area contributed by atoms with Crippen molar-refractivity contribution >= 4 is 52.5 Å². The molecule has 7 nitrogen and oxygen atoms in total. The molecule has 0 unspecified atom stereocenters. The second-order valence-corrected chi connectivity index (χ2v) is 12.5. The fourth-order valence-electron chi connectivity index (χ4n) is 7.15. The summed E-state index contributed by atoms with van der Waals surface area (Å²) in [6, 6.07) is 2.83. The molecule has 2 heterocycles. The second-order valence-electron chi connectivity index (χ2n) is 11.2. The molecule has 0 aromatic heterocycles. The van der Waals surface area contributed by atoms with Gasteiger partial charge in [0.1, 0.15) is 5.69 Å². The summed E-state index contributed by atoms with van der Waals surface area (Å²) in [7, 11) is 0. The molecule has 0 spiro atoms. The van der Waals surface area contributed by atoms with Crippen molar-refractivity contribution in [3.05, 3.63) is 70.3 Å². The maximum absolute atomic E-state index is 15.0. The molecule has 232 valence electrons. The Hall–Kier alpha value is -3.58. The van der Waals surface area contributed by atoms with Crippen molar-refractivity contribution in [2.24, 2.45) is 17.8 Å². The molecule has 2 saturated heterocycles. The molecular formula is C29H20Cl2F6N2O5. The van der Waals surface area contributed by atoms with Gasteiger partial charge in [-0.15, -0.1) is 23.2 Å². The Bertz CT molecular complexity index is 1710. The van der Waals surface area contributed by atoms with Gasteiger partial charge in [-0.3, -0.25) is 24.1 Å². The molecule has 6 rings (SSSR count). The van der Waals surface area contributed by atoms with E-state index in [1.807, 2.05) is 0 Å². The van der Waals surface area contributed by atoms with E-state index in [0.717, 1.165) is 23.1 Å². The third kappa shape index (κ3) is 3.65. The number of phenolic OH excluding ortho intramolecular Hbond substituents is 1. The van der Waals surface area contributed by atoms with Gasteiger partial charge in [0.25, 0.3) is 11.8 Å². The SMILES string of the molecule is CCCN1C(=O)[C@H]2[C@H](CC=C3[C@H]2C[C@@]2(Cl)C(=O)N(c4c(F)c(F)c(F)c(F)c4F)C(=O)[C@@]2(Cl)[C@H]3c2ccc(O)c(F)c2)C1=O. The lowest BCUT2D eigenvalue weighted by molar-refractivity contribution is -0.140. The van der Waals surface area contributed by atoms with Crippen LogP contribution >= 0.6 is 23.2 Å². The minimum absolute atomic E-state index is 0.0237. The summed E-state index contributed by atoms with van der Waals surface area (Å²) in [6.45, 7) is 1.84. The Morgan fingerprint density at radius 3 is 2.09 bits per heavy atom. The van der Waals surface area contributed by atoms with E-state index in [2.05, 4.69) is 0 Å². The van der Waals surface area contributed by atoms with E-state index in [4.69, 9.17) is 23.2 Å². The number of benzene rings is 2. The third-order valence-electron chi connectivity index (χ3n) is 9.06. The summed E-state index contributed by atoms with van der Waals surface area (Å²) >= 11 is 13.9. The molecule has 2 aliphatic carbocycles. The van der Waals surface area contributed by atoms with Crippen LogP contribution in [0, 0.1) is 52.7 Å². The summed E-state index contributed by atoms with van der Waals surface area (Å²) in [4.78, 5) is 50.1. The summed E-state index contributed by atoms with van der Waals surface area (Å²) in [5, 5.41) is 9.81. The van der Waals surface area contributed by atoms with Crippen LogP contribution < -0.4 is 4.90 Å². The zero-order valence-electron chi connectivity index (χ0n) is 22.4. The minimum atomic E-state index is -2.76. The first-order valence-corrected chi connectivity index (χ1v) is 14.2. The predicted molar refractivity (Wildman–Crippen MR) is 141 cm³/mol. The van der Waals surface area contributed by atoms with Crippen molar-refractivity contribution in [2.45, 2.75) is 41.9 Å². The Labute approximate surface area is 255 Å². The van der Waals surface area contributed by atoms with Gasteiger partial charge in [0.2, 0.25) is 17.6 Å². The van der Waals surface area contributed by atoms with Crippen LogP contribution in [-0.2, 0) is 19.2 Å². The van der Waals surface area contributed by atoms with Crippen molar-refractivity contribution in [1.29, 1.82) is 0 Å². The molecule has 15 heteroatoms. The van der Waals surface area contributed by atoms with Crippen molar-refractivity contribution in [3.8, 4) is 5.75 Å². The van der Waals surface area contributed by atoms with E-state index in [9.17, 15) is 50.6 Å². The lowest BCUT2D eigenvalue weighted by Gasteiger charge is -2.50. The molecular weight excluding hydrogens is 641 g/mol. The third-order valence-corrected chi connectivity index (χ3v) is 10.5. The molecule has 2 aliphatic heterocycles. The number of likely N-dealkylation sites (tertiary alicyclic amines) is 1. The average Bonchev–Trinajstić information content (AvgIpc) is 3.31. The van der Waals surface area contributed by atoms with Gasteiger partial charge in [0.05, 0.1) is 11.8 Å². The van der Waals surface area contributed by atoms with E-state index < -0.39 is 110 Å². The second kappa shape index (κ2) is 9.96. The molecule has 6 atom stereocenters. The van der Waals surface area contributed by atoms with Gasteiger partial charge in [0, 0.05) is 12.5 Å². The van der Waals surface area contributed by atoms with E-state index >= 15 is 0 Å². The van der Waals surface area contributed by atoms with Gasteiger partial charge >= 0.3 is 0 Å². The number of amides is 4. The van der Waals surface area contributed by atoms with Crippen molar-refractivity contribution in [1.82, 2.24) is 4.90 Å². The van der Waals surface area contributed by atoms with Gasteiger partial charge in [-0.05, 0) is 42.9 Å². The van der Waals surface area contributed by atoms with E-state index in [-0.39, 0.29) is 29.0 Å². The molecule has 1 N–H and O–H groups in total. The van der Waals surface area contributed by atoms with Gasteiger partial charge in [-0.1, -0.05) is 24.6 Å². The van der Waals surface area contributed by atoms with Crippen LogP contribution in [-0.4, -0.2) is 49.9 Å². The van der Waals surface area contributed by atoms with Gasteiger partial charge in [-0.25, -0.2) is 31.2 Å². The summed E-state index contributed by atoms with van der Waals surface area (Å²) in [6.07, 6.45) is 1.26. The van der Waals surface area contributed by atoms with Crippen molar-refractivity contribution in [2.75, 3.05) is 11.4 Å². The smallest absolute Gasteiger partial charge is 0.258 e. The number of alkyl halides is 2. The van der Waals surface area contributed by atoms with E-state index in [0.29, 0.717) is 6.42 Å². The number of hydrogen-bond acceptors (Lipinski definition) is 5. The van der Waals surface area contributed by atoms with Crippen LogP contribution in [0.3, 0.4) is 0 Å². The highest BCUT2D eigenvalue weighted by molar-refractivity contribution is 6.58. The normalized spacial score (nSPS) is 31.3. The zero-order valence-corrected chi connectivity index (χ0v) is 24.0. The molecule has 1 saturated carbocycles. The molecule has 2 aromatic rings. The molecule has 0 bridgehead atoms. The largest absolute Gasteiger partial charge is 0.505 e. The Balaban J connectivity index is 1.60. The number of nitrogens with zero attached hydrogens (tertiary/aromatic N) is 2. The quantitative estimate of drug-likeness (QED) is 0.122. The number of aromatic hydroxyl groups is 1. The number of imide groups is 2. The number of carbonyl (C=O) groups excluding carboxylic acids is 4. The number of allylic oxidation sites excluding steroid dienone is 2. The van der Waals surface area contributed by atoms with Crippen LogP contribution in [0.4, 0.5) is 32.0 Å². The standard InChI is InChI=1S/C29H20Cl2F6N2O5/c1-2-7-38-24(41)12-5-4-11-13(16(12)25(38)42)9-28(30)26(43)39(23-21(36)19(34)18(33)20(35)22(23)37)27(44)29(28,31)17(11)10-3-6-15(40)14(32)8-10/h3-4,6,8,12-13,16-17,40H,2,5,7,9H2,1H3/t12-,13+,16-,17-,28+,29-/m0/s1. The first-order valence-electron chi connectivity index (χ1n) is 13.4. The minimum Gasteiger partial charge on any atom is -0.505 e. The number of anilines is 1. The van der Waals surface area contributed by atoms with E-state index in [1.165, 1.54) is 6.08 Å². The number of phenols is 1. The molecule has 3 fully saturated rings. The van der Waals surface area contributed by atoms with Crippen molar-refractivity contribution in [3.63, 3.8) is 0 Å². The first kappa shape index (κ1) is 30.4. The highest BCUT2D eigenvalue weighted by atomic mass is 35.5. The van der Waals surface area contributed by atoms with Crippen molar-refractivity contribution < 1.29 is 50.6 Å². The lowest BCUT2D eigenvalue weighted by atomic mass is 9.56. The number of rotatable bonds is 4. The Morgan fingerprint density at radius 1 is 0.886 bits per heavy atom. The van der Waals surface area contributed by atoms with Crippen LogP contribution in [0.25, 0.3) is 0 Å². The zero-order chi connectivity index (χ0) is 32.2. The molecule has 4 aliphatic rings. The molecule has 0 radical (unpaired) electrons. The van der Waals surface area contributed by atoms with Gasteiger partial charge < -0.3 is 5.11 Å². The predicted octanol–water partition coefficient (Wildman–Crippen LogP) is 5.20. The highest BCUT2D eigenvalue weighted by Gasteiger charge is 2.77. The lowest BCUT2D eigenvalue weighted by Crippen LogP contribution is -2.60.